The predicted octanol–water partition coefficient (Wildman–Crippen LogP) is 5.87. The first-order chi connectivity index (χ1) is 15.6. The summed E-state index contributed by atoms with van der Waals surface area (Å²) in [7, 11) is 0. The van der Waals surface area contributed by atoms with Gasteiger partial charge in [-0.25, -0.2) is 4.98 Å². The quantitative estimate of drug-likeness (QED) is 0.429. The molecule has 0 aliphatic carbocycles. The minimum atomic E-state index is -0.737. The first kappa shape index (κ1) is 20.3. The highest BCUT2D eigenvalue weighted by molar-refractivity contribution is 7.19. The van der Waals surface area contributed by atoms with Crippen LogP contribution in [0.3, 0.4) is 0 Å². The van der Waals surface area contributed by atoms with Crippen LogP contribution in [0.5, 0.6) is 11.5 Å². The third-order valence-corrected chi connectivity index (χ3v) is 6.32. The van der Waals surface area contributed by atoms with E-state index in [0.717, 1.165) is 21.7 Å². The smallest absolute Gasteiger partial charge is 0.270 e. The van der Waals surface area contributed by atoms with Crippen molar-refractivity contribution in [2.75, 3.05) is 11.9 Å². The standard InChI is InChI=1S/C26H22N2O3S/c1-16-7-11-18(12-8-16)23-24(19-13-9-17(2)10-14-19)32-26(27-23)28-25(29)22-15-30-20-5-3-4-6-21(20)31-22/h3-14,22H,15H2,1-2H3,(H,27,28,29). The number of hydrogen-bond donors (Lipinski definition) is 1. The number of para-hydroxylation sites is 2. The number of nitrogens with one attached hydrogen (secondary N) is 1. The van der Waals surface area contributed by atoms with Crippen molar-refractivity contribution in [2.45, 2.75) is 20.0 Å². The van der Waals surface area contributed by atoms with E-state index in [4.69, 9.17) is 14.5 Å². The Morgan fingerprint density at radius 2 is 1.53 bits per heavy atom. The lowest BCUT2D eigenvalue weighted by atomic mass is 10.0. The van der Waals surface area contributed by atoms with Crippen molar-refractivity contribution in [2.24, 2.45) is 0 Å². The van der Waals surface area contributed by atoms with Gasteiger partial charge in [-0.1, -0.05) is 83.1 Å². The maximum atomic E-state index is 12.9. The SMILES string of the molecule is Cc1ccc(-c2nc(NC(=O)C3COc4ccccc4O3)sc2-c2ccc(C)cc2)cc1. The number of hydrogen-bond acceptors (Lipinski definition) is 5. The van der Waals surface area contributed by atoms with E-state index in [-0.39, 0.29) is 12.5 Å². The molecular weight excluding hydrogens is 420 g/mol. The molecule has 0 spiro atoms. The summed E-state index contributed by atoms with van der Waals surface area (Å²) in [6, 6.07) is 23.9. The molecule has 0 saturated heterocycles. The van der Waals surface area contributed by atoms with Gasteiger partial charge in [-0.05, 0) is 31.5 Å². The van der Waals surface area contributed by atoms with Gasteiger partial charge in [0, 0.05) is 5.56 Å². The van der Waals surface area contributed by atoms with Gasteiger partial charge in [-0.15, -0.1) is 0 Å². The van der Waals surface area contributed by atoms with Gasteiger partial charge >= 0.3 is 0 Å². The van der Waals surface area contributed by atoms with Gasteiger partial charge in [-0.2, -0.15) is 0 Å². The summed E-state index contributed by atoms with van der Waals surface area (Å²) in [5, 5.41) is 3.46. The number of aromatic nitrogens is 1. The van der Waals surface area contributed by atoms with Gasteiger partial charge < -0.3 is 9.47 Å². The van der Waals surface area contributed by atoms with Crippen LogP contribution in [0.25, 0.3) is 21.7 Å². The van der Waals surface area contributed by atoms with Crippen LogP contribution in [-0.4, -0.2) is 23.6 Å². The second kappa shape index (κ2) is 8.48. The zero-order valence-electron chi connectivity index (χ0n) is 17.8. The van der Waals surface area contributed by atoms with E-state index in [2.05, 4.69) is 67.7 Å². The van der Waals surface area contributed by atoms with Crippen LogP contribution < -0.4 is 14.8 Å². The molecule has 1 amide bonds. The van der Waals surface area contributed by atoms with Crippen molar-refractivity contribution >= 4 is 22.4 Å². The molecule has 4 aromatic rings. The van der Waals surface area contributed by atoms with E-state index in [1.54, 1.807) is 6.07 Å². The van der Waals surface area contributed by atoms with Crippen molar-refractivity contribution in [1.29, 1.82) is 0 Å². The number of anilines is 1. The Morgan fingerprint density at radius 3 is 2.22 bits per heavy atom. The van der Waals surface area contributed by atoms with E-state index in [1.165, 1.54) is 22.5 Å². The van der Waals surface area contributed by atoms with Crippen LogP contribution in [0, 0.1) is 13.8 Å². The Bertz CT molecular complexity index is 1200. The fourth-order valence-corrected chi connectivity index (χ4v) is 4.51. The van der Waals surface area contributed by atoms with Gasteiger partial charge in [0.2, 0.25) is 6.10 Å². The van der Waals surface area contributed by atoms with Crippen LogP contribution in [0.4, 0.5) is 5.13 Å². The van der Waals surface area contributed by atoms with Crippen LogP contribution in [0.2, 0.25) is 0 Å². The van der Waals surface area contributed by atoms with Crippen molar-refractivity contribution in [1.82, 2.24) is 4.98 Å². The molecule has 160 valence electrons. The van der Waals surface area contributed by atoms with E-state index in [9.17, 15) is 4.79 Å². The third-order valence-electron chi connectivity index (χ3n) is 5.30. The average Bonchev–Trinajstić information content (AvgIpc) is 3.23. The number of carbonyl (C=O) groups excluding carboxylic acids is 1. The fraction of sp³-hybridized carbons (Fsp3) is 0.154. The molecule has 3 aromatic carbocycles. The van der Waals surface area contributed by atoms with Gasteiger partial charge in [0.15, 0.2) is 16.6 Å². The zero-order valence-corrected chi connectivity index (χ0v) is 18.6. The number of fused-ring (bicyclic) bond motifs is 1. The molecule has 0 fully saturated rings. The van der Waals surface area contributed by atoms with E-state index in [1.807, 2.05) is 18.2 Å². The number of carbonyl (C=O) groups is 1. The summed E-state index contributed by atoms with van der Waals surface area (Å²) in [6.07, 6.45) is -0.737. The Morgan fingerprint density at radius 1 is 0.906 bits per heavy atom. The summed E-state index contributed by atoms with van der Waals surface area (Å²) in [4.78, 5) is 18.7. The molecule has 0 saturated carbocycles. The number of benzene rings is 3. The summed E-state index contributed by atoms with van der Waals surface area (Å²) in [5.74, 6) is 0.937. The van der Waals surface area contributed by atoms with Crippen LogP contribution in [0.1, 0.15) is 11.1 Å². The number of amides is 1. The number of ether oxygens (including phenoxy) is 2. The molecule has 1 atom stereocenters. The lowest BCUT2D eigenvalue weighted by molar-refractivity contribution is -0.125. The Hall–Kier alpha value is -3.64. The molecule has 5 rings (SSSR count). The second-order valence-corrected chi connectivity index (χ2v) is 8.78. The molecule has 1 N–H and O–H groups in total. The molecule has 1 unspecified atom stereocenters. The average molecular weight is 443 g/mol. The lowest BCUT2D eigenvalue weighted by Gasteiger charge is -2.25. The summed E-state index contributed by atoms with van der Waals surface area (Å²) in [5.41, 5.74) is 5.30. The van der Waals surface area contributed by atoms with Gasteiger partial charge in [-0.3, -0.25) is 10.1 Å². The normalized spacial score (nSPS) is 14.8. The molecule has 6 heteroatoms. The topological polar surface area (TPSA) is 60.5 Å². The maximum Gasteiger partial charge on any atom is 0.270 e. The number of thiazole rings is 1. The van der Waals surface area contributed by atoms with Crippen molar-refractivity contribution in [3.63, 3.8) is 0 Å². The third kappa shape index (κ3) is 4.09. The first-order valence-electron chi connectivity index (χ1n) is 10.4. The van der Waals surface area contributed by atoms with Crippen molar-refractivity contribution in [3.8, 4) is 33.2 Å². The highest BCUT2D eigenvalue weighted by Crippen LogP contribution is 2.39. The van der Waals surface area contributed by atoms with Crippen molar-refractivity contribution < 1.29 is 14.3 Å². The monoisotopic (exact) mass is 442 g/mol. The zero-order chi connectivity index (χ0) is 22.1. The highest BCUT2D eigenvalue weighted by Gasteiger charge is 2.28. The lowest BCUT2D eigenvalue weighted by Crippen LogP contribution is -2.40. The van der Waals surface area contributed by atoms with E-state index >= 15 is 0 Å². The summed E-state index contributed by atoms with van der Waals surface area (Å²) in [6.45, 7) is 4.28. The Labute approximate surface area is 190 Å². The highest BCUT2D eigenvalue weighted by atomic mass is 32.1. The number of rotatable bonds is 4. The molecule has 2 heterocycles. The minimum Gasteiger partial charge on any atom is -0.485 e. The van der Waals surface area contributed by atoms with Gasteiger partial charge in [0.05, 0.1) is 10.6 Å². The molecule has 0 bridgehead atoms. The molecule has 1 aromatic heterocycles. The van der Waals surface area contributed by atoms with E-state index in [0.29, 0.717) is 16.6 Å². The largest absolute Gasteiger partial charge is 0.485 e. The maximum absolute atomic E-state index is 12.9. The molecule has 5 nitrogen and oxygen atoms in total. The minimum absolute atomic E-state index is 0.157. The van der Waals surface area contributed by atoms with E-state index < -0.39 is 6.10 Å². The van der Waals surface area contributed by atoms with Crippen LogP contribution in [0.15, 0.2) is 72.8 Å². The second-order valence-electron chi connectivity index (χ2n) is 7.78. The molecule has 32 heavy (non-hydrogen) atoms. The number of aryl methyl sites for hydroxylation is 2. The first-order valence-corrected chi connectivity index (χ1v) is 11.2. The Kier molecular flexibility index (Phi) is 5.37. The molecule has 1 aliphatic heterocycles. The molecule has 0 radical (unpaired) electrons. The number of nitrogens with zero attached hydrogens (tertiary/aromatic N) is 1. The fourth-order valence-electron chi connectivity index (χ4n) is 3.52. The Balaban J connectivity index is 1.44. The van der Waals surface area contributed by atoms with Crippen LogP contribution >= 0.6 is 11.3 Å². The van der Waals surface area contributed by atoms with Crippen LogP contribution in [-0.2, 0) is 4.79 Å². The summed E-state index contributed by atoms with van der Waals surface area (Å²) >= 11 is 1.46. The van der Waals surface area contributed by atoms with Gasteiger partial charge in [0.25, 0.3) is 5.91 Å². The predicted molar refractivity (Wildman–Crippen MR) is 127 cm³/mol. The molecular formula is C26H22N2O3S. The van der Waals surface area contributed by atoms with Crippen molar-refractivity contribution in [3.05, 3.63) is 83.9 Å². The molecule has 1 aliphatic rings. The summed E-state index contributed by atoms with van der Waals surface area (Å²) < 4.78 is 11.5. The van der Waals surface area contributed by atoms with Gasteiger partial charge in [0.1, 0.15) is 6.61 Å².